The number of benzene rings is 2. The molecule has 41 heavy (non-hydrogen) atoms. The Morgan fingerprint density at radius 1 is 1.10 bits per heavy atom. The second-order valence-corrected chi connectivity index (χ2v) is 11.6. The fourth-order valence-corrected chi connectivity index (χ4v) is 6.18. The number of furan rings is 1. The number of aromatic nitrogens is 2. The first kappa shape index (κ1) is 28.5. The van der Waals surface area contributed by atoms with Gasteiger partial charge in [0.25, 0.3) is 10.0 Å². The molecule has 2 aromatic heterocycles. The number of anilines is 1. The molecule has 0 unspecified atom stereocenters. The third kappa shape index (κ3) is 5.88. The zero-order valence-electron chi connectivity index (χ0n) is 21.9. The minimum atomic E-state index is -4.47. The number of rotatable bonds is 7. The Hall–Kier alpha value is -4.04. The summed E-state index contributed by atoms with van der Waals surface area (Å²) < 4.78 is 85.8. The lowest BCUT2D eigenvalue weighted by atomic mass is 10.1. The second kappa shape index (κ2) is 10.7. The summed E-state index contributed by atoms with van der Waals surface area (Å²) in [6, 6.07) is 9.96. The van der Waals surface area contributed by atoms with E-state index in [4.69, 9.17) is 4.42 Å². The van der Waals surface area contributed by atoms with Gasteiger partial charge < -0.3 is 14.6 Å². The van der Waals surface area contributed by atoms with Crippen molar-refractivity contribution < 1.29 is 35.2 Å². The predicted octanol–water partition coefficient (Wildman–Crippen LogP) is 4.58. The Bertz CT molecular complexity index is 1710. The molecule has 1 aliphatic heterocycles. The van der Waals surface area contributed by atoms with E-state index in [9.17, 15) is 30.8 Å². The van der Waals surface area contributed by atoms with E-state index in [1.54, 1.807) is 25.1 Å². The van der Waals surface area contributed by atoms with E-state index >= 15 is 0 Å². The van der Waals surface area contributed by atoms with Crippen LogP contribution in [-0.2, 0) is 27.5 Å². The molecule has 5 rings (SSSR count). The quantitative estimate of drug-likeness (QED) is 0.314. The molecule has 4 aromatic rings. The fraction of sp³-hybridized carbons (Fsp3) is 0.296. The molecule has 2 aromatic carbocycles. The van der Waals surface area contributed by atoms with Crippen molar-refractivity contribution in [3.8, 4) is 11.3 Å². The highest BCUT2D eigenvalue weighted by Gasteiger charge is 2.41. The van der Waals surface area contributed by atoms with Crippen molar-refractivity contribution in [1.29, 1.82) is 0 Å². The zero-order valence-corrected chi connectivity index (χ0v) is 22.8. The number of alkyl halides is 3. The SMILES string of the molecule is CN(C)c1nc(CNC(=O)[C@@H]2CCCN2S(=O)(=O)c2cc3cc(F)ccc3o2)cc(-c2ccc(C(F)(F)F)cc2)n1. The van der Waals surface area contributed by atoms with Crippen molar-refractivity contribution in [3.63, 3.8) is 0 Å². The van der Waals surface area contributed by atoms with Crippen LogP contribution in [0.2, 0.25) is 0 Å². The van der Waals surface area contributed by atoms with Gasteiger partial charge in [-0.1, -0.05) is 12.1 Å². The van der Waals surface area contributed by atoms with E-state index in [1.165, 1.54) is 24.3 Å². The summed E-state index contributed by atoms with van der Waals surface area (Å²) >= 11 is 0. The number of hydrogen-bond donors (Lipinski definition) is 1. The van der Waals surface area contributed by atoms with Gasteiger partial charge >= 0.3 is 6.18 Å². The van der Waals surface area contributed by atoms with Gasteiger partial charge in [0.2, 0.25) is 16.9 Å². The molecule has 0 aliphatic carbocycles. The summed E-state index contributed by atoms with van der Waals surface area (Å²) in [5, 5.41) is 2.62. The van der Waals surface area contributed by atoms with Gasteiger partial charge in [0, 0.05) is 37.7 Å². The Kier molecular flexibility index (Phi) is 7.46. The van der Waals surface area contributed by atoms with Crippen LogP contribution < -0.4 is 10.2 Å². The molecule has 1 fully saturated rings. The second-order valence-electron chi connectivity index (χ2n) is 9.75. The van der Waals surface area contributed by atoms with E-state index in [-0.39, 0.29) is 41.5 Å². The largest absolute Gasteiger partial charge is 0.443 e. The molecule has 0 radical (unpaired) electrons. The lowest BCUT2D eigenvalue weighted by Gasteiger charge is -2.22. The number of nitrogens with one attached hydrogen (secondary N) is 1. The highest BCUT2D eigenvalue weighted by atomic mass is 32.2. The Balaban J connectivity index is 1.34. The van der Waals surface area contributed by atoms with Crippen LogP contribution in [0.25, 0.3) is 22.2 Å². The maximum atomic E-state index is 13.6. The van der Waals surface area contributed by atoms with Crippen molar-refractivity contribution >= 4 is 32.8 Å². The van der Waals surface area contributed by atoms with E-state index < -0.39 is 39.5 Å². The Morgan fingerprint density at radius 3 is 2.51 bits per heavy atom. The van der Waals surface area contributed by atoms with Crippen LogP contribution in [0.5, 0.6) is 0 Å². The lowest BCUT2D eigenvalue weighted by molar-refractivity contribution is -0.137. The summed E-state index contributed by atoms with van der Waals surface area (Å²) in [6.07, 6.45) is -3.75. The highest BCUT2D eigenvalue weighted by Crippen LogP contribution is 2.32. The van der Waals surface area contributed by atoms with Gasteiger partial charge in [0.1, 0.15) is 17.4 Å². The van der Waals surface area contributed by atoms with Crippen molar-refractivity contribution in [2.24, 2.45) is 0 Å². The molecule has 1 aliphatic rings. The van der Waals surface area contributed by atoms with Gasteiger partial charge in [-0.2, -0.15) is 17.5 Å². The molecule has 1 N–H and O–H groups in total. The summed E-state index contributed by atoms with van der Waals surface area (Å²) in [5.74, 6) is -0.809. The Morgan fingerprint density at radius 2 is 1.83 bits per heavy atom. The van der Waals surface area contributed by atoms with Crippen LogP contribution in [0.4, 0.5) is 23.5 Å². The molecule has 9 nitrogen and oxygen atoms in total. The molecule has 0 bridgehead atoms. The monoisotopic (exact) mass is 591 g/mol. The summed E-state index contributed by atoms with van der Waals surface area (Å²) in [5.41, 5.74) is 0.567. The molecule has 0 saturated carbocycles. The number of carbonyl (C=O) groups excluding carboxylic acids is 1. The molecule has 1 saturated heterocycles. The Labute approximate surface area is 232 Å². The lowest BCUT2D eigenvalue weighted by Crippen LogP contribution is -2.45. The van der Waals surface area contributed by atoms with E-state index in [2.05, 4.69) is 15.3 Å². The number of amides is 1. The molecular formula is C27H25F4N5O4S. The van der Waals surface area contributed by atoms with Gasteiger partial charge in [-0.05, 0) is 49.2 Å². The molecule has 1 atom stereocenters. The molecule has 0 spiro atoms. The van der Waals surface area contributed by atoms with Crippen molar-refractivity contribution in [3.05, 3.63) is 71.7 Å². The molecule has 1 amide bonds. The number of hydrogen-bond acceptors (Lipinski definition) is 7. The van der Waals surface area contributed by atoms with Crippen LogP contribution in [-0.4, -0.2) is 55.3 Å². The smallest absolute Gasteiger partial charge is 0.416 e. The van der Waals surface area contributed by atoms with Crippen molar-refractivity contribution in [2.75, 3.05) is 25.5 Å². The maximum Gasteiger partial charge on any atom is 0.416 e. The van der Waals surface area contributed by atoms with Crippen LogP contribution in [0.1, 0.15) is 24.1 Å². The van der Waals surface area contributed by atoms with Gasteiger partial charge in [-0.3, -0.25) is 4.79 Å². The first-order valence-corrected chi connectivity index (χ1v) is 14.0. The van der Waals surface area contributed by atoms with Crippen LogP contribution in [0.15, 0.2) is 64.1 Å². The number of fused-ring (bicyclic) bond motifs is 1. The van der Waals surface area contributed by atoms with Gasteiger partial charge in [0.05, 0.1) is 23.5 Å². The van der Waals surface area contributed by atoms with Gasteiger partial charge in [-0.25, -0.2) is 22.8 Å². The molecule has 14 heteroatoms. The first-order valence-electron chi connectivity index (χ1n) is 12.5. The minimum absolute atomic E-state index is 0.0792. The molecule has 216 valence electrons. The van der Waals surface area contributed by atoms with Gasteiger partial charge in [0.15, 0.2) is 0 Å². The normalized spacial score (nSPS) is 16.3. The number of sulfonamides is 1. The standard InChI is InChI=1S/C27H25F4N5O4S/c1-35(2)26-33-20(14-21(34-26)16-5-7-18(8-6-16)27(29,30)31)15-32-25(37)22-4-3-11-36(22)41(38,39)24-13-17-12-19(28)9-10-23(17)40-24/h5-10,12-14,22H,3-4,11,15H2,1-2H3,(H,32,37)/t22-/m0/s1. The summed E-state index contributed by atoms with van der Waals surface area (Å²) in [4.78, 5) is 23.6. The van der Waals surface area contributed by atoms with E-state index in [1.807, 2.05) is 0 Å². The zero-order chi connectivity index (χ0) is 29.5. The average Bonchev–Trinajstić information content (AvgIpc) is 3.59. The first-order chi connectivity index (χ1) is 19.3. The number of nitrogens with zero attached hydrogens (tertiary/aromatic N) is 4. The number of halogens is 4. The summed E-state index contributed by atoms with van der Waals surface area (Å²) in [6.45, 7) is 0.0201. The maximum absolute atomic E-state index is 13.6. The van der Waals surface area contributed by atoms with Crippen molar-refractivity contribution in [2.45, 2.75) is 36.7 Å². The topological polar surface area (TPSA) is 109 Å². The minimum Gasteiger partial charge on any atom is -0.443 e. The third-order valence-corrected chi connectivity index (χ3v) is 8.41. The van der Waals surface area contributed by atoms with Crippen molar-refractivity contribution in [1.82, 2.24) is 19.6 Å². The van der Waals surface area contributed by atoms with Crippen LogP contribution >= 0.6 is 0 Å². The predicted molar refractivity (Wildman–Crippen MR) is 142 cm³/mol. The summed E-state index contributed by atoms with van der Waals surface area (Å²) in [7, 11) is -0.802. The van der Waals surface area contributed by atoms with Crippen LogP contribution in [0, 0.1) is 5.82 Å². The van der Waals surface area contributed by atoms with Crippen LogP contribution in [0.3, 0.4) is 0 Å². The molecular weight excluding hydrogens is 566 g/mol. The fourth-order valence-electron chi connectivity index (χ4n) is 4.57. The third-order valence-electron chi connectivity index (χ3n) is 6.64. The van der Waals surface area contributed by atoms with Gasteiger partial charge in [-0.15, -0.1) is 0 Å². The average molecular weight is 592 g/mol. The number of carbonyl (C=O) groups is 1. The van der Waals surface area contributed by atoms with E-state index in [0.29, 0.717) is 23.4 Å². The van der Waals surface area contributed by atoms with E-state index in [0.717, 1.165) is 28.6 Å². The molecule has 3 heterocycles. The highest BCUT2D eigenvalue weighted by molar-refractivity contribution is 7.89.